The Bertz CT molecular complexity index is 140. The summed E-state index contributed by atoms with van der Waals surface area (Å²) in [5, 5.41) is 3.76. The van der Waals surface area contributed by atoms with Crippen LogP contribution in [0.15, 0.2) is 0 Å². The highest BCUT2D eigenvalue weighted by molar-refractivity contribution is 4.87. The maximum absolute atomic E-state index is 3.76. The topological polar surface area (TPSA) is 12.0 Å². The third kappa shape index (κ3) is 2.22. The van der Waals surface area contributed by atoms with Crippen molar-refractivity contribution in [3.63, 3.8) is 0 Å². The summed E-state index contributed by atoms with van der Waals surface area (Å²) in [6, 6.07) is 1.78. The molecule has 1 N–H and O–H groups in total. The number of hydrogen-bond acceptors (Lipinski definition) is 1. The Morgan fingerprint density at radius 2 is 1.92 bits per heavy atom. The van der Waals surface area contributed by atoms with Crippen molar-refractivity contribution in [2.24, 2.45) is 5.92 Å². The Kier molecular flexibility index (Phi) is 2.69. The molecule has 2 atom stereocenters. The third-order valence-corrected chi connectivity index (χ3v) is 3.41. The van der Waals surface area contributed by atoms with Crippen molar-refractivity contribution in [2.45, 2.75) is 64.0 Å². The smallest absolute Gasteiger partial charge is 0.00722 e. The van der Waals surface area contributed by atoms with Gasteiger partial charge in [0.2, 0.25) is 0 Å². The highest BCUT2D eigenvalue weighted by atomic mass is 15.0. The molecule has 2 unspecified atom stereocenters. The van der Waals surface area contributed by atoms with E-state index in [4.69, 9.17) is 0 Å². The Hall–Kier alpha value is -0.0400. The van der Waals surface area contributed by atoms with Crippen LogP contribution in [0, 0.1) is 5.92 Å². The highest BCUT2D eigenvalue weighted by Crippen LogP contribution is 2.29. The van der Waals surface area contributed by atoms with E-state index in [0.717, 1.165) is 18.0 Å². The van der Waals surface area contributed by atoms with E-state index in [2.05, 4.69) is 12.2 Å². The molecule has 0 saturated heterocycles. The zero-order valence-electron chi connectivity index (χ0n) is 8.18. The van der Waals surface area contributed by atoms with Gasteiger partial charge in [-0.1, -0.05) is 26.2 Å². The Labute approximate surface area is 75.9 Å². The van der Waals surface area contributed by atoms with E-state index in [1.54, 1.807) is 0 Å². The monoisotopic (exact) mass is 167 g/mol. The third-order valence-electron chi connectivity index (χ3n) is 3.41. The van der Waals surface area contributed by atoms with Gasteiger partial charge in [-0.25, -0.2) is 0 Å². The predicted octanol–water partition coefficient (Wildman–Crippen LogP) is 2.71. The van der Waals surface area contributed by atoms with Crippen LogP contribution in [0.4, 0.5) is 0 Å². The first-order valence-corrected chi connectivity index (χ1v) is 5.64. The van der Waals surface area contributed by atoms with Crippen molar-refractivity contribution in [1.29, 1.82) is 0 Å². The van der Waals surface area contributed by atoms with Gasteiger partial charge >= 0.3 is 0 Å². The van der Waals surface area contributed by atoms with Crippen LogP contribution in [0.5, 0.6) is 0 Å². The molecule has 0 aliphatic heterocycles. The first-order valence-electron chi connectivity index (χ1n) is 5.64. The summed E-state index contributed by atoms with van der Waals surface area (Å²) < 4.78 is 0. The fourth-order valence-corrected chi connectivity index (χ4v) is 2.40. The molecule has 2 aliphatic rings. The van der Waals surface area contributed by atoms with E-state index in [0.29, 0.717) is 0 Å². The minimum absolute atomic E-state index is 0.871. The summed E-state index contributed by atoms with van der Waals surface area (Å²) in [5.74, 6) is 1.02. The van der Waals surface area contributed by atoms with E-state index in [1.807, 2.05) is 0 Å². The van der Waals surface area contributed by atoms with E-state index in [9.17, 15) is 0 Å². The van der Waals surface area contributed by atoms with Crippen molar-refractivity contribution in [3.8, 4) is 0 Å². The SMILES string of the molecule is CCC1CCCC(NC2CC2)C1. The molecule has 0 amide bonds. The molecule has 0 aromatic rings. The lowest BCUT2D eigenvalue weighted by Crippen LogP contribution is -2.35. The van der Waals surface area contributed by atoms with Crippen LogP contribution in [0.25, 0.3) is 0 Å². The zero-order valence-corrected chi connectivity index (χ0v) is 8.18. The molecule has 0 heterocycles. The molecule has 2 fully saturated rings. The van der Waals surface area contributed by atoms with Gasteiger partial charge in [0.1, 0.15) is 0 Å². The van der Waals surface area contributed by atoms with E-state index >= 15 is 0 Å². The van der Waals surface area contributed by atoms with Crippen LogP contribution in [-0.4, -0.2) is 12.1 Å². The molecule has 0 radical (unpaired) electrons. The molecule has 1 heteroatoms. The number of hydrogen-bond donors (Lipinski definition) is 1. The molecule has 70 valence electrons. The molecule has 2 rings (SSSR count). The van der Waals surface area contributed by atoms with Gasteiger partial charge in [0.15, 0.2) is 0 Å². The highest BCUT2D eigenvalue weighted by Gasteiger charge is 2.27. The Balaban J connectivity index is 1.73. The van der Waals surface area contributed by atoms with Gasteiger partial charge in [-0.15, -0.1) is 0 Å². The van der Waals surface area contributed by atoms with E-state index < -0.39 is 0 Å². The lowest BCUT2D eigenvalue weighted by molar-refractivity contribution is 0.278. The molecule has 0 aromatic carbocycles. The minimum atomic E-state index is 0.871. The standard InChI is InChI=1S/C11H21N/c1-2-9-4-3-5-11(8-9)12-10-6-7-10/h9-12H,2-8H2,1H3. The first kappa shape index (κ1) is 8.55. The van der Waals surface area contributed by atoms with Crippen molar-refractivity contribution >= 4 is 0 Å². The summed E-state index contributed by atoms with van der Waals surface area (Å²) >= 11 is 0. The molecule has 2 saturated carbocycles. The number of nitrogens with one attached hydrogen (secondary N) is 1. The van der Waals surface area contributed by atoms with Gasteiger partial charge in [0.25, 0.3) is 0 Å². The Morgan fingerprint density at radius 1 is 1.08 bits per heavy atom. The summed E-state index contributed by atoms with van der Waals surface area (Å²) in [4.78, 5) is 0. The van der Waals surface area contributed by atoms with Gasteiger partial charge in [0, 0.05) is 12.1 Å². The van der Waals surface area contributed by atoms with Crippen LogP contribution in [-0.2, 0) is 0 Å². The van der Waals surface area contributed by atoms with E-state index in [-0.39, 0.29) is 0 Å². The van der Waals surface area contributed by atoms with Crippen molar-refractivity contribution in [2.75, 3.05) is 0 Å². The summed E-state index contributed by atoms with van der Waals surface area (Å²) in [6.45, 7) is 2.34. The molecule has 0 bridgehead atoms. The van der Waals surface area contributed by atoms with Gasteiger partial charge in [0.05, 0.1) is 0 Å². The number of rotatable bonds is 3. The van der Waals surface area contributed by atoms with Crippen molar-refractivity contribution < 1.29 is 0 Å². The fraction of sp³-hybridized carbons (Fsp3) is 1.00. The second-order valence-electron chi connectivity index (χ2n) is 4.58. The molecular formula is C11H21N. The normalized spacial score (nSPS) is 36.8. The van der Waals surface area contributed by atoms with Crippen molar-refractivity contribution in [3.05, 3.63) is 0 Å². The zero-order chi connectivity index (χ0) is 8.39. The second kappa shape index (κ2) is 3.78. The molecule has 2 aliphatic carbocycles. The molecule has 0 aromatic heterocycles. The van der Waals surface area contributed by atoms with Crippen LogP contribution in [0.3, 0.4) is 0 Å². The van der Waals surface area contributed by atoms with Crippen LogP contribution in [0.2, 0.25) is 0 Å². The first-order chi connectivity index (χ1) is 5.88. The second-order valence-corrected chi connectivity index (χ2v) is 4.58. The van der Waals surface area contributed by atoms with E-state index in [1.165, 1.54) is 44.9 Å². The predicted molar refractivity (Wildman–Crippen MR) is 52.2 cm³/mol. The molecule has 0 spiro atoms. The average Bonchev–Trinajstić information content (AvgIpc) is 2.89. The summed E-state index contributed by atoms with van der Waals surface area (Å²) in [6.07, 6.45) is 10.1. The van der Waals surface area contributed by atoms with Crippen LogP contribution in [0.1, 0.15) is 51.9 Å². The average molecular weight is 167 g/mol. The summed E-state index contributed by atoms with van der Waals surface area (Å²) in [5.41, 5.74) is 0. The van der Waals surface area contributed by atoms with Gasteiger partial charge in [-0.3, -0.25) is 0 Å². The maximum Gasteiger partial charge on any atom is 0.00722 e. The Morgan fingerprint density at radius 3 is 2.58 bits per heavy atom. The van der Waals surface area contributed by atoms with Crippen LogP contribution >= 0.6 is 0 Å². The van der Waals surface area contributed by atoms with Crippen LogP contribution < -0.4 is 5.32 Å². The van der Waals surface area contributed by atoms with Gasteiger partial charge in [-0.05, 0) is 31.6 Å². The largest absolute Gasteiger partial charge is 0.311 e. The molecular weight excluding hydrogens is 146 g/mol. The van der Waals surface area contributed by atoms with Gasteiger partial charge < -0.3 is 5.32 Å². The van der Waals surface area contributed by atoms with Crippen molar-refractivity contribution in [1.82, 2.24) is 5.32 Å². The summed E-state index contributed by atoms with van der Waals surface area (Å²) in [7, 11) is 0. The fourth-order valence-electron chi connectivity index (χ4n) is 2.40. The molecule has 1 nitrogen and oxygen atoms in total. The van der Waals surface area contributed by atoms with Gasteiger partial charge in [-0.2, -0.15) is 0 Å². The maximum atomic E-state index is 3.76. The quantitative estimate of drug-likeness (QED) is 0.681. The minimum Gasteiger partial charge on any atom is -0.311 e. The lowest BCUT2D eigenvalue weighted by Gasteiger charge is -2.29. The lowest BCUT2D eigenvalue weighted by atomic mass is 9.84. The molecule has 12 heavy (non-hydrogen) atoms.